The molecule has 0 fully saturated rings. The van der Waals surface area contributed by atoms with Crippen molar-refractivity contribution in [2.24, 2.45) is 5.14 Å². The molecule has 0 amide bonds. The molecule has 1 aromatic carbocycles. The molecule has 1 aromatic rings. The highest BCUT2D eigenvalue weighted by Gasteiger charge is 2.03. The fourth-order valence-corrected chi connectivity index (χ4v) is 2.22. The highest BCUT2D eigenvalue weighted by molar-refractivity contribution is 7.89. The van der Waals surface area contributed by atoms with Gasteiger partial charge in [0.2, 0.25) is 10.0 Å². The van der Waals surface area contributed by atoms with Crippen LogP contribution >= 0.6 is 23.2 Å². The maximum atomic E-state index is 10.7. The number of halogens is 2. The van der Waals surface area contributed by atoms with Gasteiger partial charge in [-0.2, -0.15) is 0 Å². The van der Waals surface area contributed by atoms with Crippen LogP contribution in [-0.4, -0.2) is 27.3 Å². The lowest BCUT2D eigenvalue weighted by Crippen LogP contribution is -2.28. The molecule has 96 valence electrons. The average Bonchev–Trinajstić information content (AvgIpc) is 2.18. The smallest absolute Gasteiger partial charge is 0.210 e. The summed E-state index contributed by atoms with van der Waals surface area (Å²) in [5.74, 6) is -0.0681. The van der Waals surface area contributed by atoms with Gasteiger partial charge in [0.15, 0.2) is 0 Å². The van der Waals surface area contributed by atoms with Crippen molar-refractivity contribution in [2.75, 3.05) is 18.8 Å². The van der Waals surface area contributed by atoms with Crippen molar-refractivity contribution < 1.29 is 8.42 Å². The Morgan fingerprint density at radius 1 is 1.24 bits per heavy atom. The van der Waals surface area contributed by atoms with Crippen LogP contribution in [0.4, 0.5) is 0 Å². The van der Waals surface area contributed by atoms with E-state index in [1.807, 2.05) is 6.07 Å². The Kier molecular flexibility index (Phi) is 5.69. The molecule has 0 aromatic heterocycles. The molecule has 0 heterocycles. The normalized spacial score (nSPS) is 11.7. The predicted octanol–water partition coefficient (Wildman–Crippen LogP) is 1.41. The Hall–Kier alpha value is -0.330. The second-order valence-electron chi connectivity index (χ2n) is 3.60. The fourth-order valence-electron chi connectivity index (χ4n) is 1.29. The van der Waals surface area contributed by atoms with Crippen LogP contribution in [0.15, 0.2) is 18.2 Å². The van der Waals surface area contributed by atoms with Gasteiger partial charge in [-0.3, -0.25) is 0 Å². The SMILES string of the molecule is NS(=O)(=O)CCNCCc1ccc(Cl)cc1Cl. The Morgan fingerprint density at radius 2 is 1.94 bits per heavy atom. The zero-order chi connectivity index (χ0) is 12.9. The predicted molar refractivity (Wildman–Crippen MR) is 71.0 cm³/mol. The van der Waals surface area contributed by atoms with Gasteiger partial charge in [0.05, 0.1) is 5.75 Å². The van der Waals surface area contributed by atoms with Crippen molar-refractivity contribution in [2.45, 2.75) is 6.42 Å². The number of nitrogens with one attached hydrogen (secondary N) is 1. The highest BCUT2D eigenvalue weighted by atomic mass is 35.5. The van der Waals surface area contributed by atoms with Gasteiger partial charge in [0.25, 0.3) is 0 Å². The number of primary sulfonamides is 1. The maximum absolute atomic E-state index is 10.7. The molecule has 17 heavy (non-hydrogen) atoms. The average molecular weight is 297 g/mol. The molecular weight excluding hydrogens is 283 g/mol. The van der Waals surface area contributed by atoms with Gasteiger partial charge >= 0.3 is 0 Å². The molecule has 0 aliphatic carbocycles. The van der Waals surface area contributed by atoms with E-state index in [-0.39, 0.29) is 5.75 Å². The van der Waals surface area contributed by atoms with Crippen LogP contribution in [0.5, 0.6) is 0 Å². The first-order chi connectivity index (χ1) is 7.88. The van der Waals surface area contributed by atoms with E-state index in [1.165, 1.54) is 0 Å². The van der Waals surface area contributed by atoms with Gasteiger partial charge in [-0.25, -0.2) is 13.6 Å². The van der Waals surface area contributed by atoms with Crippen molar-refractivity contribution in [1.82, 2.24) is 5.32 Å². The Morgan fingerprint density at radius 3 is 2.53 bits per heavy atom. The number of nitrogens with two attached hydrogens (primary N) is 1. The zero-order valence-electron chi connectivity index (χ0n) is 9.12. The van der Waals surface area contributed by atoms with E-state index in [4.69, 9.17) is 28.3 Å². The van der Waals surface area contributed by atoms with Crippen molar-refractivity contribution in [3.05, 3.63) is 33.8 Å². The molecule has 1 rings (SSSR count). The topological polar surface area (TPSA) is 72.2 Å². The molecule has 3 N–H and O–H groups in total. The van der Waals surface area contributed by atoms with Gasteiger partial charge in [-0.05, 0) is 30.7 Å². The molecule has 0 saturated carbocycles. The summed E-state index contributed by atoms with van der Waals surface area (Å²) in [6.45, 7) is 0.973. The minimum Gasteiger partial charge on any atom is -0.315 e. The van der Waals surface area contributed by atoms with Gasteiger partial charge < -0.3 is 5.32 Å². The van der Waals surface area contributed by atoms with Crippen molar-refractivity contribution in [3.63, 3.8) is 0 Å². The van der Waals surface area contributed by atoms with E-state index in [1.54, 1.807) is 12.1 Å². The van der Waals surface area contributed by atoms with Crippen LogP contribution in [0, 0.1) is 0 Å². The van der Waals surface area contributed by atoms with E-state index < -0.39 is 10.0 Å². The summed E-state index contributed by atoms with van der Waals surface area (Å²) < 4.78 is 21.3. The molecule has 0 aliphatic heterocycles. The van der Waals surface area contributed by atoms with Crippen LogP contribution in [0.2, 0.25) is 10.0 Å². The second kappa shape index (κ2) is 6.56. The highest BCUT2D eigenvalue weighted by Crippen LogP contribution is 2.20. The quantitative estimate of drug-likeness (QED) is 0.780. The van der Waals surface area contributed by atoms with Crippen LogP contribution in [-0.2, 0) is 16.4 Å². The zero-order valence-corrected chi connectivity index (χ0v) is 11.4. The summed E-state index contributed by atoms with van der Waals surface area (Å²) >= 11 is 11.8. The van der Waals surface area contributed by atoms with Crippen molar-refractivity contribution in [1.29, 1.82) is 0 Å². The number of rotatable bonds is 6. The lowest BCUT2D eigenvalue weighted by molar-refractivity contribution is 0.592. The van der Waals surface area contributed by atoms with Gasteiger partial charge in [0, 0.05) is 16.6 Å². The summed E-state index contributed by atoms with van der Waals surface area (Å²) in [5, 5.41) is 9.06. The number of hydrogen-bond acceptors (Lipinski definition) is 3. The summed E-state index contributed by atoms with van der Waals surface area (Å²) in [4.78, 5) is 0. The third kappa shape index (κ3) is 6.24. The van der Waals surface area contributed by atoms with E-state index in [9.17, 15) is 8.42 Å². The summed E-state index contributed by atoms with van der Waals surface area (Å²) in [7, 11) is -3.39. The van der Waals surface area contributed by atoms with Gasteiger partial charge in [0.1, 0.15) is 0 Å². The minimum absolute atomic E-state index is 0.0681. The molecule has 0 unspecified atom stereocenters. The number of sulfonamides is 1. The van der Waals surface area contributed by atoms with Crippen LogP contribution in [0.1, 0.15) is 5.56 Å². The monoisotopic (exact) mass is 296 g/mol. The second-order valence-corrected chi connectivity index (χ2v) is 6.18. The lowest BCUT2D eigenvalue weighted by Gasteiger charge is -2.06. The standard InChI is InChI=1S/C10H14Cl2N2O2S/c11-9-2-1-8(10(12)7-9)3-4-14-5-6-17(13,15)16/h1-2,7,14H,3-6H2,(H2,13,15,16). The fraction of sp³-hybridized carbons (Fsp3) is 0.400. The van der Waals surface area contributed by atoms with E-state index in [2.05, 4.69) is 5.32 Å². The first-order valence-electron chi connectivity index (χ1n) is 5.03. The first-order valence-corrected chi connectivity index (χ1v) is 7.51. The van der Waals surface area contributed by atoms with Crippen LogP contribution < -0.4 is 10.5 Å². The van der Waals surface area contributed by atoms with E-state index in [0.29, 0.717) is 29.6 Å². The maximum Gasteiger partial charge on any atom is 0.210 e. The Bertz CT molecular complexity index is 477. The van der Waals surface area contributed by atoms with E-state index in [0.717, 1.165) is 5.56 Å². The van der Waals surface area contributed by atoms with Gasteiger partial charge in [-0.1, -0.05) is 29.3 Å². The molecule has 0 atom stereocenters. The van der Waals surface area contributed by atoms with Crippen molar-refractivity contribution >= 4 is 33.2 Å². The molecule has 0 saturated heterocycles. The number of benzene rings is 1. The van der Waals surface area contributed by atoms with E-state index >= 15 is 0 Å². The Labute approximate surface area is 111 Å². The third-order valence-corrected chi connectivity index (χ3v) is 3.51. The lowest BCUT2D eigenvalue weighted by atomic mass is 10.1. The summed E-state index contributed by atoms with van der Waals surface area (Å²) in [6, 6.07) is 5.31. The molecule has 0 aliphatic rings. The number of hydrogen-bond donors (Lipinski definition) is 2. The van der Waals surface area contributed by atoms with Crippen LogP contribution in [0.25, 0.3) is 0 Å². The summed E-state index contributed by atoms with van der Waals surface area (Å²) in [5.41, 5.74) is 0.971. The molecule has 0 radical (unpaired) electrons. The molecule has 7 heteroatoms. The van der Waals surface area contributed by atoms with Gasteiger partial charge in [-0.15, -0.1) is 0 Å². The first kappa shape index (κ1) is 14.7. The largest absolute Gasteiger partial charge is 0.315 e. The summed E-state index contributed by atoms with van der Waals surface area (Å²) in [6.07, 6.45) is 0.709. The molecular formula is C10H14Cl2N2O2S. The van der Waals surface area contributed by atoms with Crippen LogP contribution in [0.3, 0.4) is 0 Å². The molecule has 0 bridgehead atoms. The minimum atomic E-state index is -3.39. The third-order valence-electron chi connectivity index (χ3n) is 2.15. The Balaban J connectivity index is 2.32. The molecule has 0 spiro atoms. The molecule has 4 nitrogen and oxygen atoms in total. The van der Waals surface area contributed by atoms with Crippen molar-refractivity contribution in [3.8, 4) is 0 Å².